The highest BCUT2D eigenvalue weighted by Crippen LogP contribution is 2.56. The monoisotopic (exact) mass is 938 g/mol. The summed E-state index contributed by atoms with van der Waals surface area (Å²) in [6.07, 6.45) is 0. The summed E-state index contributed by atoms with van der Waals surface area (Å²) in [5.41, 5.74) is 25.7. The van der Waals surface area contributed by atoms with E-state index in [1.807, 2.05) is 0 Å². The van der Waals surface area contributed by atoms with E-state index in [1.165, 1.54) is 99.1 Å². The van der Waals surface area contributed by atoms with Crippen LogP contribution < -0.4 is 31.7 Å². The zero-order chi connectivity index (χ0) is 47.7. The van der Waals surface area contributed by atoms with Crippen molar-refractivity contribution >= 4 is 157 Å². The molecule has 15 aromatic rings. The molecule has 0 saturated heterocycles. The van der Waals surface area contributed by atoms with Crippen molar-refractivity contribution in [2.45, 2.75) is 0 Å². The number of anilines is 6. The third-order valence-corrected chi connectivity index (χ3v) is 17.2. The van der Waals surface area contributed by atoms with Gasteiger partial charge >= 0.3 is 13.7 Å². The minimum Gasteiger partial charge on any atom is -0.456 e. The Kier molecular flexibility index (Phi) is 6.82. The van der Waals surface area contributed by atoms with Crippen LogP contribution in [-0.2, 0) is 0 Å². The highest BCUT2D eigenvalue weighted by molar-refractivity contribution is 6.92. The molecule has 0 spiro atoms. The largest absolute Gasteiger partial charge is 0.456 e. The van der Waals surface area contributed by atoms with Gasteiger partial charge in [0.05, 0.1) is 0 Å². The van der Waals surface area contributed by atoms with Crippen molar-refractivity contribution in [3.8, 4) is 22.3 Å². The minimum atomic E-state index is -0.158. The van der Waals surface area contributed by atoms with Crippen LogP contribution in [0, 0.1) is 0 Å². The van der Waals surface area contributed by atoms with Crippen LogP contribution in [0.2, 0.25) is 0 Å². The van der Waals surface area contributed by atoms with E-state index in [9.17, 15) is 0 Å². The maximum atomic E-state index is 6.79. The molecule has 0 bridgehead atoms. The number of fused-ring (bicyclic) bond motifs is 22. The van der Waals surface area contributed by atoms with Crippen LogP contribution in [0.15, 0.2) is 227 Å². The van der Waals surface area contributed by atoms with E-state index in [0.717, 1.165) is 66.6 Å². The number of para-hydroxylation sites is 6. The lowest BCUT2D eigenvalue weighted by atomic mass is 9.44. The van der Waals surface area contributed by atoms with Crippen molar-refractivity contribution in [3.05, 3.63) is 218 Å². The van der Waals surface area contributed by atoms with Crippen LogP contribution in [0.1, 0.15) is 0 Å². The van der Waals surface area contributed by atoms with Crippen LogP contribution in [0.5, 0.6) is 0 Å². The van der Waals surface area contributed by atoms with Crippen molar-refractivity contribution in [3.63, 3.8) is 0 Å². The standard InChI is InChI=1S/C66H36B2N4O2/c1-3-17-37(18-4-1)69-51-29-15-25-43-61-59-42-24-8-12-28-50(42)72-66(59)62(60-41-23-7-11-27-49(41)71(65(60)61)67(63(43)51)47-35-57-45(33-53(47)69)39-21-9-13-31-55(39)73-57)44-26-16-30-52-64(44)68(72)48-36-58-46(40-22-10-14-32-56(40)74-58)34-54(48)70(52)38-19-5-2-6-20-38/h1-36H. The predicted octanol–water partition coefficient (Wildman–Crippen LogP) is 14.5. The Morgan fingerprint density at radius 3 is 1.18 bits per heavy atom. The highest BCUT2D eigenvalue weighted by Gasteiger charge is 2.48. The lowest BCUT2D eigenvalue weighted by molar-refractivity contribution is 0.669. The van der Waals surface area contributed by atoms with Crippen LogP contribution in [0.4, 0.5) is 34.1 Å². The maximum Gasteiger partial charge on any atom is 0.333 e. The van der Waals surface area contributed by atoms with Gasteiger partial charge in [-0.3, -0.25) is 0 Å². The number of aromatic nitrogens is 2. The van der Waals surface area contributed by atoms with Gasteiger partial charge in [0, 0.05) is 110 Å². The fraction of sp³-hybridized carbons (Fsp3) is 0. The zero-order valence-corrected chi connectivity index (χ0v) is 39.5. The number of rotatable bonds is 2. The van der Waals surface area contributed by atoms with Crippen molar-refractivity contribution in [1.29, 1.82) is 0 Å². The summed E-state index contributed by atoms with van der Waals surface area (Å²) in [4.78, 5) is 5.01. The Balaban J connectivity index is 1.01. The second-order valence-electron chi connectivity index (χ2n) is 20.6. The number of hydrogen-bond donors (Lipinski definition) is 0. The van der Waals surface area contributed by atoms with Crippen molar-refractivity contribution in [2.75, 3.05) is 9.80 Å². The molecule has 8 heterocycles. The number of benzene rings is 11. The normalized spacial score (nSPS) is 13.8. The summed E-state index contributed by atoms with van der Waals surface area (Å²) in [5.74, 6) is 0. The molecule has 11 aromatic carbocycles. The smallest absolute Gasteiger partial charge is 0.333 e. The van der Waals surface area contributed by atoms with Gasteiger partial charge in [-0.2, -0.15) is 0 Å². The van der Waals surface area contributed by atoms with E-state index in [4.69, 9.17) is 8.83 Å². The number of hydrogen-bond acceptors (Lipinski definition) is 4. The first-order valence-corrected chi connectivity index (χ1v) is 25.7. The molecule has 0 unspecified atom stereocenters. The first-order valence-electron chi connectivity index (χ1n) is 25.7. The predicted molar refractivity (Wildman–Crippen MR) is 308 cm³/mol. The zero-order valence-electron chi connectivity index (χ0n) is 39.5. The SMILES string of the molecule is c1ccc(N2c3cc4c(cc3B3c5c(cccc52)-c2c5c6ccccc6n6c5c(c5c7ccccc7n3c25)-c2cccc3c2B6c2cc5oc6ccccc6c5cc2N3c2ccccc2)oc2ccccc24)cc1. The van der Waals surface area contributed by atoms with Crippen LogP contribution >= 0.6 is 0 Å². The second kappa shape index (κ2) is 13.2. The van der Waals surface area contributed by atoms with Crippen LogP contribution in [0.3, 0.4) is 0 Å². The summed E-state index contributed by atoms with van der Waals surface area (Å²) < 4.78 is 19.0. The van der Waals surface area contributed by atoms with Gasteiger partial charge in [0.1, 0.15) is 22.3 Å². The quantitative estimate of drug-likeness (QED) is 0.162. The average molecular weight is 939 g/mol. The van der Waals surface area contributed by atoms with Gasteiger partial charge in [-0.25, -0.2) is 0 Å². The molecule has 0 fully saturated rings. The molecule has 0 atom stereocenters. The Hall–Kier alpha value is -9.65. The van der Waals surface area contributed by atoms with Crippen LogP contribution in [-0.4, -0.2) is 22.7 Å². The Bertz CT molecular complexity index is 4750. The van der Waals surface area contributed by atoms with Crippen LogP contribution in [0.25, 0.3) is 110 Å². The third kappa shape index (κ3) is 4.42. The molecule has 4 aliphatic rings. The summed E-state index contributed by atoms with van der Waals surface area (Å²) in [6.45, 7) is -0.316. The summed E-state index contributed by atoms with van der Waals surface area (Å²) in [6, 6.07) is 80.7. The Labute approximate surface area is 423 Å². The molecule has 4 aliphatic heterocycles. The lowest BCUT2D eigenvalue weighted by Crippen LogP contribution is -2.57. The first-order chi connectivity index (χ1) is 36.8. The topological polar surface area (TPSA) is 42.6 Å². The first kappa shape index (κ1) is 38.1. The fourth-order valence-corrected chi connectivity index (χ4v) is 14.5. The van der Waals surface area contributed by atoms with Gasteiger partial charge in [-0.1, -0.05) is 133 Å². The molecular weight excluding hydrogens is 902 g/mol. The molecule has 74 heavy (non-hydrogen) atoms. The Morgan fingerprint density at radius 1 is 0.311 bits per heavy atom. The van der Waals surface area contributed by atoms with Gasteiger partial charge < -0.3 is 27.6 Å². The summed E-state index contributed by atoms with van der Waals surface area (Å²) >= 11 is 0. The van der Waals surface area contributed by atoms with Crippen molar-refractivity contribution < 1.29 is 8.83 Å². The minimum absolute atomic E-state index is 0.158. The molecule has 19 rings (SSSR count). The average Bonchev–Trinajstić information content (AvgIpc) is 4.21. The fourth-order valence-electron chi connectivity index (χ4n) is 14.5. The van der Waals surface area contributed by atoms with E-state index >= 15 is 0 Å². The maximum absolute atomic E-state index is 6.79. The molecule has 0 N–H and O–H groups in total. The molecule has 6 nitrogen and oxygen atoms in total. The van der Waals surface area contributed by atoms with E-state index in [2.05, 4.69) is 237 Å². The lowest BCUT2D eigenvalue weighted by Gasteiger charge is -2.41. The third-order valence-electron chi connectivity index (χ3n) is 17.2. The van der Waals surface area contributed by atoms with Crippen molar-refractivity contribution in [1.82, 2.24) is 8.96 Å². The van der Waals surface area contributed by atoms with Gasteiger partial charge in [-0.15, -0.1) is 0 Å². The number of furan rings is 2. The molecule has 338 valence electrons. The Morgan fingerprint density at radius 2 is 0.716 bits per heavy atom. The van der Waals surface area contributed by atoms with E-state index in [0.29, 0.717) is 0 Å². The van der Waals surface area contributed by atoms with E-state index in [1.54, 1.807) is 0 Å². The molecule has 0 radical (unpaired) electrons. The summed E-state index contributed by atoms with van der Waals surface area (Å²) in [7, 11) is 0. The molecule has 8 heteroatoms. The van der Waals surface area contributed by atoms with Gasteiger partial charge in [0.15, 0.2) is 0 Å². The molecule has 0 amide bonds. The molecule has 0 aliphatic carbocycles. The van der Waals surface area contributed by atoms with Crippen molar-refractivity contribution in [2.24, 2.45) is 0 Å². The summed E-state index contributed by atoms with van der Waals surface area (Å²) in [5, 5.41) is 9.56. The number of nitrogens with zero attached hydrogens (tertiary/aromatic N) is 4. The van der Waals surface area contributed by atoms with Gasteiger partial charge in [0.25, 0.3) is 0 Å². The molecule has 0 saturated carbocycles. The van der Waals surface area contributed by atoms with Gasteiger partial charge in [-0.05, 0) is 118 Å². The highest BCUT2D eigenvalue weighted by atomic mass is 16.3. The van der Waals surface area contributed by atoms with Gasteiger partial charge in [0.2, 0.25) is 0 Å². The molecule has 4 aromatic heterocycles. The molecular formula is C66H36B2N4O2. The van der Waals surface area contributed by atoms with E-state index < -0.39 is 0 Å². The van der Waals surface area contributed by atoms with E-state index in [-0.39, 0.29) is 13.7 Å². The second-order valence-corrected chi connectivity index (χ2v) is 20.6.